The summed E-state index contributed by atoms with van der Waals surface area (Å²) in [5, 5.41) is 18.3. The van der Waals surface area contributed by atoms with Crippen LogP contribution in [0, 0.1) is 0 Å². The Bertz CT molecular complexity index is 474. The van der Waals surface area contributed by atoms with Crippen LogP contribution in [0.15, 0.2) is 24.3 Å². The fourth-order valence-corrected chi connectivity index (χ4v) is 3.03. The van der Waals surface area contributed by atoms with Crippen LogP contribution in [0.5, 0.6) is 5.75 Å². The Kier molecular flexibility index (Phi) is 4.31. The molecular weight excluding hydrogens is 266 g/mol. The number of hydrogen-bond acceptors (Lipinski definition) is 4. The normalized spacial score (nSPS) is 19.2. The van der Waals surface area contributed by atoms with Crippen LogP contribution in [0.2, 0.25) is 0 Å². The van der Waals surface area contributed by atoms with E-state index in [0.29, 0.717) is 12.3 Å². The first-order valence-electron chi connectivity index (χ1n) is 5.96. The third kappa shape index (κ3) is 3.41. The Labute approximate surface area is 115 Å². The molecule has 5 nitrogen and oxygen atoms in total. The average molecular weight is 281 g/mol. The number of phenols is 1. The van der Waals surface area contributed by atoms with Gasteiger partial charge in [-0.15, -0.1) is 0 Å². The second kappa shape index (κ2) is 5.97. The van der Waals surface area contributed by atoms with Crippen molar-refractivity contribution >= 4 is 23.6 Å². The summed E-state index contributed by atoms with van der Waals surface area (Å²) in [6.45, 7) is 0.471. The van der Waals surface area contributed by atoms with E-state index in [1.807, 2.05) is 0 Å². The molecule has 1 unspecified atom stereocenters. The van der Waals surface area contributed by atoms with E-state index in [1.165, 1.54) is 17.0 Å². The van der Waals surface area contributed by atoms with E-state index in [0.717, 1.165) is 11.3 Å². The molecule has 1 saturated heterocycles. The van der Waals surface area contributed by atoms with E-state index in [9.17, 15) is 14.7 Å². The van der Waals surface area contributed by atoms with Crippen molar-refractivity contribution in [1.29, 1.82) is 0 Å². The molecule has 2 rings (SSSR count). The monoisotopic (exact) mass is 281 g/mol. The first-order chi connectivity index (χ1) is 9.08. The third-order valence-corrected chi connectivity index (χ3v) is 4.05. The van der Waals surface area contributed by atoms with Crippen LogP contribution < -0.4 is 0 Å². The molecule has 1 fully saturated rings. The largest absolute Gasteiger partial charge is 0.508 e. The molecule has 0 aliphatic carbocycles. The summed E-state index contributed by atoms with van der Waals surface area (Å²) in [7, 11) is 0. The number of carboxylic acid groups (broad SMARTS) is 1. The van der Waals surface area contributed by atoms with Gasteiger partial charge in [0.05, 0.1) is 6.42 Å². The summed E-state index contributed by atoms with van der Waals surface area (Å²) in [6, 6.07) is 5.64. The lowest BCUT2D eigenvalue weighted by Gasteiger charge is -2.32. The first kappa shape index (κ1) is 13.7. The van der Waals surface area contributed by atoms with Crippen LogP contribution >= 0.6 is 11.8 Å². The highest BCUT2D eigenvalue weighted by Crippen LogP contribution is 2.18. The minimum atomic E-state index is -0.953. The van der Waals surface area contributed by atoms with Crippen LogP contribution in [0.1, 0.15) is 5.56 Å². The van der Waals surface area contributed by atoms with Crippen molar-refractivity contribution in [2.24, 2.45) is 0 Å². The van der Waals surface area contributed by atoms with Gasteiger partial charge in [0, 0.05) is 18.1 Å². The molecule has 102 valence electrons. The van der Waals surface area contributed by atoms with Gasteiger partial charge in [-0.05, 0) is 17.7 Å². The van der Waals surface area contributed by atoms with Crippen molar-refractivity contribution in [3.8, 4) is 5.75 Å². The second-order valence-corrected chi connectivity index (χ2v) is 5.51. The number of thioether (sulfide) groups is 1. The van der Waals surface area contributed by atoms with Gasteiger partial charge < -0.3 is 15.1 Å². The predicted octanol–water partition coefficient (Wildman–Crippen LogP) is 0.963. The van der Waals surface area contributed by atoms with E-state index in [2.05, 4.69) is 0 Å². The van der Waals surface area contributed by atoms with Crippen molar-refractivity contribution in [3.05, 3.63) is 29.8 Å². The summed E-state index contributed by atoms with van der Waals surface area (Å²) in [5.41, 5.74) is 0.769. The molecule has 6 heteroatoms. The molecule has 1 atom stereocenters. The van der Waals surface area contributed by atoms with Crippen LogP contribution in [0.4, 0.5) is 0 Å². The van der Waals surface area contributed by atoms with Crippen molar-refractivity contribution in [2.45, 2.75) is 12.5 Å². The number of carboxylic acids is 1. The molecule has 1 heterocycles. The van der Waals surface area contributed by atoms with Crippen molar-refractivity contribution < 1.29 is 19.8 Å². The fourth-order valence-electron chi connectivity index (χ4n) is 2.00. The average Bonchev–Trinajstić information content (AvgIpc) is 2.41. The van der Waals surface area contributed by atoms with E-state index in [4.69, 9.17) is 5.11 Å². The smallest absolute Gasteiger partial charge is 0.327 e. The van der Waals surface area contributed by atoms with Gasteiger partial charge in [-0.25, -0.2) is 4.79 Å². The quantitative estimate of drug-likeness (QED) is 0.863. The fraction of sp³-hybridized carbons (Fsp3) is 0.385. The van der Waals surface area contributed by atoms with Crippen molar-refractivity contribution in [2.75, 3.05) is 18.1 Å². The van der Waals surface area contributed by atoms with Crippen LogP contribution in [-0.4, -0.2) is 51.1 Å². The van der Waals surface area contributed by atoms with E-state index in [1.54, 1.807) is 23.9 Å². The number of rotatable bonds is 3. The molecular formula is C13H15NO4S. The minimum absolute atomic E-state index is 0.147. The molecule has 1 aliphatic heterocycles. The maximum atomic E-state index is 12.2. The molecule has 1 aromatic carbocycles. The van der Waals surface area contributed by atoms with Crippen LogP contribution in [-0.2, 0) is 16.0 Å². The maximum Gasteiger partial charge on any atom is 0.327 e. The van der Waals surface area contributed by atoms with Gasteiger partial charge in [-0.2, -0.15) is 11.8 Å². The van der Waals surface area contributed by atoms with Crippen LogP contribution in [0.25, 0.3) is 0 Å². The highest BCUT2D eigenvalue weighted by Gasteiger charge is 2.32. The van der Waals surface area contributed by atoms with Gasteiger partial charge in [0.25, 0.3) is 0 Å². The summed E-state index contributed by atoms with van der Waals surface area (Å²) in [4.78, 5) is 24.7. The lowest BCUT2D eigenvalue weighted by molar-refractivity contribution is -0.148. The lowest BCUT2D eigenvalue weighted by atomic mass is 10.1. The van der Waals surface area contributed by atoms with E-state index >= 15 is 0 Å². The van der Waals surface area contributed by atoms with E-state index in [-0.39, 0.29) is 18.1 Å². The number of aliphatic carboxylic acids is 1. The van der Waals surface area contributed by atoms with Gasteiger partial charge in [-0.3, -0.25) is 4.79 Å². The highest BCUT2D eigenvalue weighted by atomic mass is 32.2. The van der Waals surface area contributed by atoms with Gasteiger partial charge in [0.1, 0.15) is 11.8 Å². The maximum absolute atomic E-state index is 12.2. The Morgan fingerprint density at radius 3 is 2.63 bits per heavy atom. The third-order valence-electron chi connectivity index (χ3n) is 3.03. The molecule has 0 spiro atoms. The standard InChI is InChI=1S/C13H15NO4S/c15-10-3-1-9(2-4-10)7-12(16)14-5-6-19-8-11(14)13(17)18/h1-4,11,15H,5-8H2,(H,17,18). The molecule has 0 saturated carbocycles. The Morgan fingerprint density at radius 1 is 1.32 bits per heavy atom. The summed E-state index contributed by atoms with van der Waals surface area (Å²) >= 11 is 1.55. The Hall–Kier alpha value is -1.69. The molecule has 2 N–H and O–H groups in total. The molecule has 0 bridgehead atoms. The van der Waals surface area contributed by atoms with Gasteiger partial charge >= 0.3 is 5.97 Å². The molecule has 1 amide bonds. The lowest BCUT2D eigenvalue weighted by Crippen LogP contribution is -2.50. The predicted molar refractivity (Wildman–Crippen MR) is 72.3 cm³/mol. The topological polar surface area (TPSA) is 77.8 Å². The number of carbonyl (C=O) groups excluding carboxylic acids is 1. The number of hydrogen-bond donors (Lipinski definition) is 2. The summed E-state index contributed by atoms with van der Waals surface area (Å²) in [6.07, 6.45) is 0.161. The second-order valence-electron chi connectivity index (χ2n) is 4.36. The molecule has 0 aromatic heterocycles. The molecule has 1 aromatic rings. The van der Waals surface area contributed by atoms with Gasteiger partial charge in [-0.1, -0.05) is 12.1 Å². The molecule has 1 aliphatic rings. The number of phenolic OH excluding ortho intramolecular Hbond substituents is 1. The van der Waals surface area contributed by atoms with E-state index < -0.39 is 12.0 Å². The van der Waals surface area contributed by atoms with Crippen molar-refractivity contribution in [3.63, 3.8) is 0 Å². The molecule has 19 heavy (non-hydrogen) atoms. The first-order valence-corrected chi connectivity index (χ1v) is 7.11. The SMILES string of the molecule is O=C(O)C1CSCCN1C(=O)Cc1ccc(O)cc1. The Morgan fingerprint density at radius 2 is 2.00 bits per heavy atom. The summed E-state index contributed by atoms with van der Waals surface area (Å²) < 4.78 is 0. The zero-order valence-corrected chi connectivity index (χ0v) is 11.1. The number of benzene rings is 1. The zero-order chi connectivity index (χ0) is 13.8. The Balaban J connectivity index is 2.05. The number of nitrogens with zero attached hydrogens (tertiary/aromatic N) is 1. The zero-order valence-electron chi connectivity index (χ0n) is 10.3. The number of carbonyl (C=O) groups is 2. The minimum Gasteiger partial charge on any atom is -0.508 e. The highest BCUT2D eigenvalue weighted by molar-refractivity contribution is 7.99. The number of amides is 1. The van der Waals surface area contributed by atoms with Gasteiger partial charge in [0.15, 0.2) is 0 Å². The van der Waals surface area contributed by atoms with Gasteiger partial charge in [0.2, 0.25) is 5.91 Å². The number of aromatic hydroxyl groups is 1. The molecule has 0 radical (unpaired) electrons. The summed E-state index contributed by atoms with van der Waals surface area (Å²) in [5.74, 6) is 0.223. The van der Waals surface area contributed by atoms with Crippen LogP contribution in [0.3, 0.4) is 0 Å². The van der Waals surface area contributed by atoms with Crippen molar-refractivity contribution in [1.82, 2.24) is 4.90 Å².